The molecule has 20 nitrogen and oxygen atoms in total. The van der Waals surface area contributed by atoms with Crippen LogP contribution in [0.25, 0.3) is 37.0 Å². The first-order chi connectivity index (χ1) is 17.9. The Kier molecular flexibility index (Phi) is 12.0. The smallest absolute Gasteiger partial charge is 0.431 e. The van der Waals surface area contributed by atoms with Crippen molar-refractivity contribution in [1.29, 1.82) is 0 Å². The fraction of sp³-hybridized carbons (Fsp3) is 0.438. The lowest BCUT2D eigenvalue weighted by Crippen LogP contribution is -2.26. The molecule has 1 aromatic carbocycles. The molecule has 1 aromatic heterocycles. The number of aromatic nitrogens is 3. The van der Waals surface area contributed by atoms with Crippen LogP contribution in [0, 0.1) is 0 Å². The van der Waals surface area contributed by atoms with E-state index in [1.807, 2.05) is 0 Å². The Balaban J connectivity index is 1.92. The average Bonchev–Trinajstić information content (AvgIpc) is 3.34. The molecule has 1 heterocycles. The van der Waals surface area contributed by atoms with Crippen molar-refractivity contribution >= 4 is 19.4 Å². The van der Waals surface area contributed by atoms with E-state index in [1.165, 1.54) is 10.7 Å². The summed E-state index contributed by atoms with van der Waals surface area (Å²) in [6.07, 6.45) is 1.68. The molecule has 0 spiro atoms. The van der Waals surface area contributed by atoms with Crippen LogP contribution in [-0.4, -0.2) is 52.2 Å². The summed E-state index contributed by atoms with van der Waals surface area (Å²) in [7, 11) is -4.50. The molecule has 0 aliphatic heterocycles. The van der Waals surface area contributed by atoms with E-state index in [4.69, 9.17) is 21.3 Å². The standard InChI is InChI=1S/C16H20N13O7P/c17-23-21-13-6-12(8-16(30)20-2-1-3-35-37(31,32)36-28-25-19)7-15(9-13)29-10-14(22-26-29)11-33-4-5-34-27-24-18/h6-7,9-10H,1-5,8,11H2,(H,20,30)(H,31,32). The zero-order chi connectivity index (χ0) is 26.9. The maximum atomic E-state index is 12.3. The van der Waals surface area contributed by atoms with E-state index in [1.54, 1.807) is 18.3 Å². The third kappa shape index (κ3) is 11.2. The van der Waals surface area contributed by atoms with Gasteiger partial charge in [0.2, 0.25) is 5.91 Å². The first kappa shape index (κ1) is 28.7. The highest BCUT2D eigenvalue weighted by molar-refractivity contribution is 7.47. The molecular formula is C16H20N13O7P. The minimum absolute atomic E-state index is 0.0684. The molecule has 2 N–H and O–H groups in total. The lowest BCUT2D eigenvalue weighted by molar-refractivity contribution is -0.120. The van der Waals surface area contributed by atoms with Gasteiger partial charge in [0.1, 0.15) is 22.9 Å². The number of phosphoric ester groups is 1. The van der Waals surface area contributed by atoms with Gasteiger partial charge in [0.05, 0.1) is 38.1 Å². The summed E-state index contributed by atoms with van der Waals surface area (Å²) in [6.45, 7) is 0.206. The van der Waals surface area contributed by atoms with E-state index in [2.05, 4.69) is 60.0 Å². The van der Waals surface area contributed by atoms with Crippen LogP contribution in [0.5, 0.6) is 0 Å². The topological polar surface area (TPSA) is 280 Å². The number of hydrogen-bond acceptors (Lipinski definition) is 11. The molecule has 0 fully saturated rings. The van der Waals surface area contributed by atoms with Gasteiger partial charge in [-0.05, 0) is 46.8 Å². The monoisotopic (exact) mass is 537 g/mol. The van der Waals surface area contributed by atoms with Crippen LogP contribution < -0.4 is 5.32 Å². The van der Waals surface area contributed by atoms with E-state index in [0.29, 0.717) is 16.9 Å². The summed E-state index contributed by atoms with van der Waals surface area (Å²) in [6, 6.07) is 4.74. The lowest BCUT2D eigenvalue weighted by Gasteiger charge is -2.10. The number of phosphoric acid groups is 1. The predicted molar refractivity (Wildman–Crippen MR) is 122 cm³/mol. The molecule has 37 heavy (non-hydrogen) atoms. The fourth-order valence-corrected chi connectivity index (χ4v) is 3.18. The van der Waals surface area contributed by atoms with Gasteiger partial charge in [-0.3, -0.25) is 14.2 Å². The van der Waals surface area contributed by atoms with Crippen LogP contribution in [0.2, 0.25) is 0 Å². The van der Waals surface area contributed by atoms with Gasteiger partial charge in [-0.1, -0.05) is 10.3 Å². The normalized spacial score (nSPS) is 11.7. The minimum atomic E-state index is -4.50. The molecule has 1 unspecified atom stereocenters. The molecule has 2 aromatic rings. The summed E-state index contributed by atoms with van der Waals surface area (Å²) < 4.78 is 26.6. The van der Waals surface area contributed by atoms with Crippen LogP contribution in [0.3, 0.4) is 0 Å². The van der Waals surface area contributed by atoms with Gasteiger partial charge >= 0.3 is 7.82 Å². The Bertz CT molecular complexity index is 1250. The van der Waals surface area contributed by atoms with Crippen molar-refractivity contribution in [3.05, 3.63) is 67.0 Å². The molecule has 21 heteroatoms. The number of azide groups is 3. The predicted octanol–water partition coefficient (Wildman–Crippen LogP) is 3.38. The van der Waals surface area contributed by atoms with E-state index >= 15 is 0 Å². The first-order valence-corrected chi connectivity index (χ1v) is 11.7. The molecule has 0 aliphatic carbocycles. The number of ether oxygens (including phenoxy) is 1. The molecule has 2 rings (SSSR count). The highest BCUT2D eigenvalue weighted by atomic mass is 31.2. The minimum Gasteiger partial charge on any atom is -0.431 e. The lowest BCUT2D eigenvalue weighted by atomic mass is 10.1. The number of hydrogen-bond donors (Lipinski definition) is 2. The SMILES string of the molecule is [N-]=[N+]=NOCCOCc1cn(-c2cc(CC(=O)NCCCOP(=O)(O)ON=[N+]=[N-])cc(N=[N+]=[N-])c2)nn1. The van der Waals surface area contributed by atoms with Gasteiger partial charge in [0, 0.05) is 27.0 Å². The molecule has 0 saturated carbocycles. The van der Waals surface area contributed by atoms with E-state index in [9.17, 15) is 14.3 Å². The Hall–Kier alpha value is -4.53. The zero-order valence-corrected chi connectivity index (χ0v) is 19.9. The second-order valence-corrected chi connectivity index (χ2v) is 8.05. The number of nitrogens with zero attached hydrogens (tertiary/aromatic N) is 12. The number of carbonyl (C=O) groups is 1. The maximum absolute atomic E-state index is 12.3. The average molecular weight is 537 g/mol. The quantitative estimate of drug-likeness (QED) is 0.0745. The van der Waals surface area contributed by atoms with Gasteiger partial charge in [0.15, 0.2) is 0 Å². The molecule has 0 bridgehead atoms. The van der Waals surface area contributed by atoms with Crippen molar-refractivity contribution in [3.63, 3.8) is 0 Å². The Morgan fingerprint density at radius 2 is 1.95 bits per heavy atom. The zero-order valence-electron chi connectivity index (χ0n) is 19.0. The van der Waals surface area contributed by atoms with Gasteiger partial charge < -0.3 is 19.5 Å². The van der Waals surface area contributed by atoms with E-state index in [-0.39, 0.29) is 57.4 Å². The number of nitrogens with one attached hydrogen (secondary N) is 1. The van der Waals surface area contributed by atoms with Crippen molar-refractivity contribution in [2.24, 2.45) is 15.7 Å². The fourth-order valence-electron chi connectivity index (χ4n) is 2.64. The molecule has 0 saturated heterocycles. The van der Waals surface area contributed by atoms with Gasteiger partial charge in [0.25, 0.3) is 0 Å². The molecule has 0 aliphatic rings. The number of amides is 1. The largest absolute Gasteiger partial charge is 0.533 e. The number of carbonyl (C=O) groups excluding carboxylic acids is 1. The van der Waals surface area contributed by atoms with Gasteiger partial charge in [-0.15, -0.1) is 5.10 Å². The third-order valence-electron chi connectivity index (χ3n) is 4.03. The highest BCUT2D eigenvalue weighted by Crippen LogP contribution is 2.43. The van der Waals surface area contributed by atoms with E-state index in [0.717, 1.165) is 0 Å². The highest BCUT2D eigenvalue weighted by Gasteiger charge is 2.21. The van der Waals surface area contributed by atoms with E-state index < -0.39 is 7.82 Å². The molecule has 196 valence electrons. The molecule has 0 radical (unpaired) electrons. The molecule has 1 atom stereocenters. The van der Waals surface area contributed by atoms with Crippen LogP contribution in [0.15, 0.2) is 40.1 Å². The van der Waals surface area contributed by atoms with Crippen LogP contribution in [0.1, 0.15) is 17.7 Å². The summed E-state index contributed by atoms with van der Waals surface area (Å²) in [5, 5.41) is 19.6. The second kappa shape index (κ2) is 15.5. The maximum Gasteiger partial charge on any atom is 0.533 e. The van der Waals surface area contributed by atoms with Crippen molar-refractivity contribution in [1.82, 2.24) is 20.3 Å². The summed E-state index contributed by atoms with van der Waals surface area (Å²) in [4.78, 5) is 33.5. The van der Waals surface area contributed by atoms with Crippen molar-refractivity contribution in [2.45, 2.75) is 19.4 Å². The molecule has 1 amide bonds. The molecular weight excluding hydrogens is 517 g/mol. The van der Waals surface area contributed by atoms with Crippen molar-refractivity contribution < 1.29 is 33.0 Å². The van der Waals surface area contributed by atoms with Crippen molar-refractivity contribution in [3.8, 4) is 5.69 Å². The Morgan fingerprint density at radius 3 is 2.70 bits per heavy atom. The second-order valence-electron chi connectivity index (χ2n) is 6.69. The first-order valence-electron chi connectivity index (χ1n) is 10.2. The van der Waals surface area contributed by atoms with Gasteiger partial charge in [-0.25, -0.2) is 9.25 Å². The summed E-state index contributed by atoms with van der Waals surface area (Å²) in [5.74, 6) is -0.378. The van der Waals surface area contributed by atoms with Crippen molar-refractivity contribution in [2.75, 3.05) is 26.4 Å². The Labute approximate surface area is 207 Å². The van der Waals surface area contributed by atoms with Crippen LogP contribution in [-0.2, 0) is 41.1 Å². The summed E-state index contributed by atoms with van der Waals surface area (Å²) in [5.41, 5.74) is 26.7. The van der Waals surface area contributed by atoms with Crippen LogP contribution >= 0.6 is 7.82 Å². The summed E-state index contributed by atoms with van der Waals surface area (Å²) >= 11 is 0. The van der Waals surface area contributed by atoms with Crippen LogP contribution in [0.4, 0.5) is 5.69 Å². The third-order valence-corrected chi connectivity index (χ3v) is 4.82. The van der Waals surface area contributed by atoms with Gasteiger partial charge in [-0.2, -0.15) is 0 Å². The number of benzene rings is 1. The Morgan fingerprint density at radius 1 is 1.14 bits per heavy atom. The number of rotatable bonds is 17.